The van der Waals surface area contributed by atoms with Crippen molar-refractivity contribution in [1.82, 2.24) is 4.90 Å². The highest BCUT2D eigenvalue weighted by molar-refractivity contribution is 5.80. The van der Waals surface area contributed by atoms with Crippen molar-refractivity contribution in [3.8, 4) is 0 Å². The minimum absolute atomic E-state index is 0.0615. The van der Waals surface area contributed by atoms with Crippen molar-refractivity contribution in [1.29, 1.82) is 0 Å². The predicted molar refractivity (Wildman–Crippen MR) is 42.8 cm³/mol. The molecular weight excluding hydrogens is 142 g/mol. The fraction of sp³-hybridized carbons (Fsp3) is 0.857. The Morgan fingerprint density at radius 3 is 2.73 bits per heavy atom. The third-order valence-electron chi connectivity index (χ3n) is 2.30. The molecule has 1 rings (SSSR count). The second-order valence-electron chi connectivity index (χ2n) is 3.03. The zero-order chi connectivity index (χ0) is 8.43. The highest BCUT2D eigenvalue weighted by Crippen LogP contribution is 2.19. The SMILES string of the molecule is CC(CN)N1CCC1C(N)=O. The van der Waals surface area contributed by atoms with E-state index < -0.39 is 0 Å². The second kappa shape index (κ2) is 3.19. The van der Waals surface area contributed by atoms with Gasteiger partial charge in [-0.1, -0.05) is 0 Å². The van der Waals surface area contributed by atoms with Gasteiger partial charge in [0, 0.05) is 19.1 Å². The molecule has 0 aliphatic carbocycles. The minimum Gasteiger partial charge on any atom is -0.368 e. The van der Waals surface area contributed by atoms with Crippen molar-refractivity contribution >= 4 is 5.91 Å². The number of rotatable bonds is 3. The quantitative estimate of drug-likeness (QED) is 0.546. The first-order valence-electron chi connectivity index (χ1n) is 3.92. The molecule has 1 aliphatic rings. The van der Waals surface area contributed by atoms with Crippen molar-refractivity contribution in [2.24, 2.45) is 11.5 Å². The summed E-state index contributed by atoms with van der Waals surface area (Å²) in [6, 6.07) is 0.217. The van der Waals surface area contributed by atoms with E-state index in [4.69, 9.17) is 11.5 Å². The molecule has 0 spiro atoms. The summed E-state index contributed by atoms with van der Waals surface area (Å²) < 4.78 is 0. The van der Waals surface area contributed by atoms with Gasteiger partial charge in [0.2, 0.25) is 5.91 Å². The lowest BCUT2D eigenvalue weighted by Gasteiger charge is -2.42. The number of hydrogen-bond acceptors (Lipinski definition) is 3. The molecule has 1 saturated heterocycles. The first kappa shape index (κ1) is 8.49. The number of carbonyl (C=O) groups excluding carboxylic acids is 1. The van der Waals surface area contributed by atoms with Gasteiger partial charge in [0.05, 0.1) is 6.04 Å². The van der Waals surface area contributed by atoms with E-state index in [2.05, 4.69) is 0 Å². The molecule has 1 aliphatic heterocycles. The molecule has 4 nitrogen and oxygen atoms in total. The van der Waals surface area contributed by atoms with Gasteiger partial charge < -0.3 is 11.5 Å². The molecule has 0 bridgehead atoms. The van der Waals surface area contributed by atoms with Gasteiger partial charge in [-0.2, -0.15) is 0 Å². The van der Waals surface area contributed by atoms with Crippen LogP contribution >= 0.6 is 0 Å². The maximum Gasteiger partial charge on any atom is 0.234 e. The van der Waals surface area contributed by atoms with Crippen LogP contribution in [0.5, 0.6) is 0 Å². The van der Waals surface area contributed by atoms with Crippen molar-refractivity contribution < 1.29 is 4.79 Å². The maximum absolute atomic E-state index is 10.8. The minimum atomic E-state index is -0.225. The monoisotopic (exact) mass is 157 g/mol. The average molecular weight is 157 g/mol. The summed E-state index contributed by atoms with van der Waals surface area (Å²) in [5.74, 6) is -0.225. The van der Waals surface area contributed by atoms with E-state index in [-0.39, 0.29) is 18.0 Å². The van der Waals surface area contributed by atoms with Gasteiger partial charge in [-0.15, -0.1) is 0 Å². The van der Waals surface area contributed by atoms with Crippen molar-refractivity contribution in [2.45, 2.75) is 25.4 Å². The van der Waals surface area contributed by atoms with Crippen LogP contribution in [0.15, 0.2) is 0 Å². The van der Waals surface area contributed by atoms with Gasteiger partial charge in [-0.05, 0) is 13.3 Å². The molecule has 2 unspecified atom stereocenters. The number of hydrogen-bond donors (Lipinski definition) is 2. The van der Waals surface area contributed by atoms with Gasteiger partial charge in [-0.25, -0.2) is 0 Å². The van der Waals surface area contributed by atoms with Crippen LogP contribution < -0.4 is 11.5 Å². The first-order chi connectivity index (χ1) is 5.16. The molecule has 4 heteroatoms. The smallest absolute Gasteiger partial charge is 0.234 e. The molecule has 11 heavy (non-hydrogen) atoms. The van der Waals surface area contributed by atoms with Crippen molar-refractivity contribution in [3.05, 3.63) is 0 Å². The van der Waals surface area contributed by atoms with Gasteiger partial charge in [0.25, 0.3) is 0 Å². The van der Waals surface area contributed by atoms with E-state index in [1.54, 1.807) is 0 Å². The van der Waals surface area contributed by atoms with E-state index >= 15 is 0 Å². The van der Waals surface area contributed by atoms with Crippen LogP contribution in [-0.2, 0) is 4.79 Å². The molecular formula is C7H15N3O. The van der Waals surface area contributed by atoms with E-state index in [0.717, 1.165) is 13.0 Å². The Kier molecular flexibility index (Phi) is 2.46. The number of likely N-dealkylation sites (tertiary alicyclic amines) is 1. The lowest BCUT2D eigenvalue weighted by atomic mass is 10.00. The van der Waals surface area contributed by atoms with Gasteiger partial charge in [0.1, 0.15) is 0 Å². The van der Waals surface area contributed by atoms with Gasteiger partial charge in [-0.3, -0.25) is 9.69 Å². The number of amides is 1. The Balaban J connectivity index is 2.42. The highest BCUT2D eigenvalue weighted by Gasteiger charge is 2.34. The summed E-state index contributed by atoms with van der Waals surface area (Å²) in [7, 11) is 0. The third-order valence-corrected chi connectivity index (χ3v) is 2.30. The average Bonchev–Trinajstić information content (AvgIpc) is 1.83. The summed E-state index contributed by atoms with van der Waals surface area (Å²) in [6.07, 6.45) is 0.889. The Morgan fingerprint density at radius 2 is 2.45 bits per heavy atom. The van der Waals surface area contributed by atoms with E-state index in [0.29, 0.717) is 6.54 Å². The Hall–Kier alpha value is -0.610. The Bertz CT molecular complexity index is 160. The molecule has 0 aromatic heterocycles. The topological polar surface area (TPSA) is 72.3 Å². The maximum atomic E-state index is 10.8. The summed E-state index contributed by atoms with van der Waals surface area (Å²) >= 11 is 0. The van der Waals surface area contributed by atoms with E-state index in [9.17, 15) is 4.79 Å². The van der Waals surface area contributed by atoms with E-state index in [1.165, 1.54) is 0 Å². The lowest BCUT2D eigenvalue weighted by Crippen LogP contribution is -2.59. The number of primary amides is 1. The molecule has 0 saturated carbocycles. The van der Waals surface area contributed by atoms with Gasteiger partial charge >= 0.3 is 0 Å². The second-order valence-corrected chi connectivity index (χ2v) is 3.03. The van der Waals surface area contributed by atoms with Crippen LogP contribution in [0.2, 0.25) is 0 Å². The van der Waals surface area contributed by atoms with Crippen LogP contribution in [0, 0.1) is 0 Å². The fourth-order valence-corrected chi connectivity index (χ4v) is 1.38. The predicted octanol–water partition coefficient (Wildman–Crippen LogP) is -1.11. The normalized spacial score (nSPS) is 27.6. The number of carbonyl (C=O) groups is 1. The number of nitrogens with two attached hydrogens (primary N) is 2. The van der Waals surface area contributed by atoms with Crippen LogP contribution in [0.4, 0.5) is 0 Å². The molecule has 1 amide bonds. The van der Waals surface area contributed by atoms with Crippen LogP contribution in [0.1, 0.15) is 13.3 Å². The number of nitrogens with zero attached hydrogens (tertiary/aromatic N) is 1. The molecule has 64 valence electrons. The first-order valence-corrected chi connectivity index (χ1v) is 3.92. The summed E-state index contributed by atoms with van der Waals surface area (Å²) in [5.41, 5.74) is 10.6. The van der Waals surface area contributed by atoms with E-state index in [1.807, 2.05) is 11.8 Å². The zero-order valence-electron chi connectivity index (χ0n) is 6.79. The standard InChI is InChI=1S/C7H15N3O/c1-5(4-8)10-3-2-6(10)7(9)11/h5-6H,2-4,8H2,1H3,(H2,9,11). The Morgan fingerprint density at radius 1 is 1.82 bits per heavy atom. The Labute approximate surface area is 66.5 Å². The van der Waals surface area contributed by atoms with Crippen molar-refractivity contribution in [2.75, 3.05) is 13.1 Å². The summed E-state index contributed by atoms with van der Waals surface area (Å²) in [6.45, 7) is 3.55. The zero-order valence-corrected chi connectivity index (χ0v) is 6.79. The molecule has 0 aromatic carbocycles. The molecule has 1 fully saturated rings. The summed E-state index contributed by atoms with van der Waals surface area (Å²) in [5, 5.41) is 0. The summed E-state index contributed by atoms with van der Waals surface area (Å²) in [4.78, 5) is 12.8. The molecule has 1 heterocycles. The van der Waals surface area contributed by atoms with Crippen molar-refractivity contribution in [3.63, 3.8) is 0 Å². The highest BCUT2D eigenvalue weighted by atomic mass is 16.1. The van der Waals surface area contributed by atoms with Crippen LogP contribution in [0.3, 0.4) is 0 Å². The largest absolute Gasteiger partial charge is 0.368 e. The molecule has 2 atom stereocenters. The molecule has 0 radical (unpaired) electrons. The van der Waals surface area contributed by atoms with Crippen LogP contribution in [-0.4, -0.2) is 36.0 Å². The molecule has 0 aromatic rings. The molecule has 4 N–H and O–H groups in total. The van der Waals surface area contributed by atoms with Gasteiger partial charge in [0.15, 0.2) is 0 Å². The van der Waals surface area contributed by atoms with Crippen LogP contribution in [0.25, 0.3) is 0 Å². The fourth-order valence-electron chi connectivity index (χ4n) is 1.38. The third kappa shape index (κ3) is 1.52. The lowest BCUT2D eigenvalue weighted by molar-refractivity contribution is -0.128.